The first-order valence-corrected chi connectivity index (χ1v) is 3.88. The number of benzene rings is 1. The molecule has 0 amide bonds. The van der Waals surface area contributed by atoms with Crippen LogP contribution in [0, 0.1) is 5.82 Å². The molecule has 72 valence electrons. The molecule has 0 spiro atoms. The molecule has 0 saturated carbocycles. The molecule has 1 atom stereocenters. The van der Waals surface area contributed by atoms with Crippen LogP contribution in [0.2, 0.25) is 0 Å². The number of aromatic hydroxyl groups is 1. The Hall–Kier alpha value is -1.29. The minimum Gasteiger partial charge on any atom is -0.505 e. The summed E-state index contributed by atoms with van der Waals surface area (Å²) < 4.78 is 17.8. The Morgan fingerprint density at radius 1 is 1.54 bits per heavy atom. The van der Waals surface area contributed by atoms with Gasteiger partial charge in [-0.15, -0.1) is 0 Å². The summed E-state index contributed by atoms with van der Waals surface area (Å²) in [6, 6.07) is 2.50. The van der Waals surface area contributed by atoms with Crippen molar-refractivity contribution in [2.24, 2.45) is 5.73 Å². The van der Waals surface area contributed by atoms with Gasteiger partial charge in [0.15, 0.2) is 11.5 Å². The fourth-order valence-electron chi connectivity index (χ4n) is 1.02. The SMILES string of the molecule is COc1cc(C(C)N)cc(O)c1F. The Kier molecular flexibility index (Phi) is 2.72. The zero-order chi connectivity index (χ0) is 10.0. The highest BCUT2D eigenvalue weighted by Crippen LogP contribution is 2.29. The van der Waals surface area contributed by atoms with Crippen molar-refractivity contribution in [3.8, 4) is 11.5 Å². The van der Waals surface area contributed by atoms with Crippen molar-refractivity contribution in [1.29, 1.82) is 0 Å². The van der Waals surface area contributed by atoms with Crippen molar-refractivity contribution in [1.82, 2.24) is 0 Å². The van der Waals surface area contributed by atoms with Gasteiger partial charge in [-0.25, -0.2) is 0 Å². The topological polar surface area (TPSA) is 55.5 Å². The summed E-state index contributed by atoms with van der Waals surface area (Å²) in [4.78, 5) is 0. The molecule has 4 heteroatoms. The molecular formula is C9H12FNO2. The van der Waals surface area contributed by atoms with E-state index in [0.29, 0.717) is 5.56 Å². The largest absolute Gasteiger partial charge is 0.505 e. The lowest BCUT2D eigenvalue weighted by molar-refractivity contribution is 0.363. The van der Waals surface area contributed by atoms with Crippen LogP contribution in [0.1, 0.15) is 18.5 Å². The van der Waals surface area contributed by atoms with Gasteiger partial charge >= 0.3 is 0 Å². The molecule has 0 aliphatic heterocycles. The lowest BCUT2D eigenvalue weighted by atomic mass is 10.1. The number of nitrogens with two attached hydrogens (primary N) is 1. The summed E-state index contributed by atoms with van der Waals surface area (Å²) in [5.74, 6) is -1.19. The maximum atomic E-state index is 13.0. The van der Waals surface area contributed by atoms with Gasteiger partial charge in [-0.05, 0) is 24.6 Å². The molecular weight excluding hydrogens is 173 g/mol. The number of hydrogen-bond acceptors (Lipinski definition) is 3. The van der Waals surface area contributed by atoms with Gasteiger partial charge in [-0.3, -0.25) is 0 Å². The van der Waals surface area contributed by atoms with E-state index < -0.39 is 11.6 Å². The number of phenolic OH excluding ortho intramolecular Hbond substituents is 1. The molecule has 0 heterocycles. The minimum atomic E-state index is -0.757. The third-order valence-corrected chi connectivity index (χ3v) is 1.79. The smallest absolute Gasteiger partial charge is 0.206 e. The van der Waals surface area contributed by atoms with E-state index in [2.05, 4.69) is 0 Å². The Morgan fingerprint density at radius 2 is 2.15 bits per heavy atom. The highest BCUT2D eigenvalue weighted by molar-refractivity contribution is 5.40. The van der Waals surface area contributed by atoms with Crippen molar-refractivity contribution in [2.45, 2.75) is 13.0 Å². The van der Waals surface area contributed by atoms with E-state index in [1.54, 1.807) is 6.92 Å². The highest BCUT2D eigenvalue weighted by atomic mass is 19.1. The molecule has 0 aromatic heterocycles. The average molecular weight is 185 g/mol. The average Bonchev–Trinajstić information content (AvgIpc) is 2.09. The van der Waals surface area contributed by atoms with E-state index in [1.807, 2.05) is 0 Å². The second-order valence-corrected chi connectivity index (χ2v) is 2.84. The van der Waals surface area contributed by atoms with Crippen LogP contribution in [-0.4, -0.2) is 12.2 Å². The van der Waals surface area contributed by atoms with Gasteiger partial charge in [0.2, 0.25) is 5.82 Å². The van der Waals surface area contributed by atoms with Gasteiger partial charge < -0.3 is 15.6 Å². The Bertz CT molecular complexity index is 313. The summed E-state index contributed by atoms with van der Waals surface area (Å²) in [5.41, 5.74) is 6.20. The molecule has 13 heavy (non-hydrogen) atoms. The van der Waals surface area contributed by atoms with E-state index in [9.17, 15) is 4.39 Å². The third-order valence-electron chi connectivity index (χ3n) is 1.79. The molecule has 1 unspecified atom stereocenters. The number of phenols is 1. The van der Waals surface area contributed by atoms with Crippen LogP contribution in [0.3, 0.4) is 0 Å². The number of ether oxygens (including phenoxy) is 1. The van der Waals surface area contributed by atoms with Crippen molar-refractivity contribution in [3.63, 3.8) is 0 Å². The fraction of sp³-hybridized carbons (Fsp3) is 0.333. The summed E-state index contributed by atoms with van der Waals surface area (Å²) in [6.45, 7) is 1.74. The molecule has 0 radical (unpaired) electrons. The lowest BCUT2D eigenvalue weighted by Gasteiger charge is -2.09. The maximum absolute atomic E-state index is 13.0. The predicted octanol–water partition coefficient (Wildman–Crippen LogP) is 1.56. The lowest BCUT2D eigenvalue weighted by Crippen LogP contribution is -2.05. The Balaban J connectivity index is 3.22. The van der Waals surface area contributed by atoms with Crippen LogP contribution < -0.4 is 10.5 Å². The quantitative estimate of drug-likeness (QED) is 0.735. The number of hydrogen-bond donors (Lipinski definition) is 2. The highest BCUT2D eigenvalue weighted by Gasteiger charge is 2.11. The van der Waals surface area contributed by atoms with Crippen molar-refractivity contribution in [2.75, 3.05) is 7.11 Å². The fourth-order valence-corrected chi connectivity index (χ4v) is 1.02. The molecule has 0 saturated heterocycles. The molecule has 1 aromatic carbocycles. The van der Waals surface area contributed by atoms with Gasteiger partial charge in [-0.1, -0.05) is 0 Å². The molecule has 0 aliphatic rings. The summed E-state index contributed by atoms with van der Waals surface area (Å²) in [5, 5.41) is 9.15. The summed E-state index contributed by atoms with van der Waals surface area (Å²) >= 11 is 0. The van der Waals surface area contributed by atoms with Crippen LogP contribution in [0.15, 0.2) is 12.1 Å². The first-order valence-electron chi connectivity index (χ1n) is 3.88. The second-order valence-electron chi connectivity index (χ2n) is 2.84. The Labute approximate surface area is 75.9 Å². The number of halogens is 1. The summed E-state index contributed by atoms with van der Waals surface area (Å²) in [7, 11) is 1.34. The van der Waals surface area contributed by atoms with Crippen molar-refractivity contribution >= 4 is 0 Å². The van der Waals surface area contributed by atoms with Crippen LogP contribution in [-0.2, 0) is 0 Å². The van der Waals surface area contributed by atoms with Crippen LogP contribution in [0.4, 0.5) is 4.39 Å². The second kappa shape index (κ2) is 3.62. The number of methoxy groups -OCH3 is 1. The van der Waals surface area contributed by atoms with E-state index in [-0.39, 0.29) is 11.8 Å². The molecule has 1 rings (SSSR count). The monoisotopic (exact) mass is 185 g/mol. The predicted molar refractivity (Wildman–Crippen MR) is 47.2 cm³/mol. The first-order chi connectivity index (χ1) is 6.06. The Morgan fingerprint density at radius 3 is 2.62 bits per heavy atom. The van der Waals surface area contributed by atoms with E-state index in [0.717, 1.165) is 0 Å². The van der Waals surface area contributed by atoms with Crippen molar-refractivity contribution < 1.29 is 14.2 Å². The zero-order valence-electron chi connectivity index (χ0n) is 7.54. The summed E-state index contributed by atoms with van der Waals surface area (Å²) in [6.07, 6.45) is 0. The molecule has 0 fully saturated rings. The van der Waals surface area contributed by atoms with Crippen LogP contribution in [0.5, 0.6) is 11.5 Å². The first kappa shape index (κ1) is 9.80. The van der Waals surface area contributed by atoms with Crippen molar-refractivity contribution in [3.05, 3.63) is 23.5 Å². The van der Waals surface area contributed by atoms with E-state index >= 15 is 0 Å². The molecule has 1 aromatic rings. The normalized spacial score (nSPS) is 12.6. The van der Waals surface area contributed by atoms with Gasteiger partial charge in [0.25, 0.3) is 0 Å². The van der Waals surface area contributed by atoms with Crippen LogP contribution >= 0.6 is 0 Å². The third kappa shape index (κ3) is 1.89. The number of rotatable bonds is 2. The van der Waals surface area contributed by atoms with Gasteiger partial charge in [0.05, 0.1) is 7.11 Å². The standard InChI is InChI=1S/C9H12FNO2/c1-5(11)6-3-7(12)9(10)8(4-6)13-2/h3-5,12H,11H2,1-2H3. The zero-order valence-corrected chi connectivity index (χ0v) is 7.54. The molecule has 3 nitrogen and oxygen atoms in total. The van der Waals surface area contributed by atoms with E-state index in [1.165, 1.54) is 19.2 Å². The molecule has 0 bridgehead atoms. The van der Waals surface area contributed by atoms with Gasteiger partial charge in [-0.2, -0.15) is 4.39 Å². The minimum absolute atomic E-state index is 0.00676. The molecule has 0 aliphatic carbocycles. The molecule has 3 N–H and O–H groups in total. The van der Waals surface area contributed by atoms with E-state index in [4.69, 9.17) is 15.6 Å². The maximum Gasteiger partial charge on any atom is 0.206 e. The van der Waals surface area contributed by atoms with Gasteiger partial charge in [0.1, 0.15) is 0 Å². The van der Waals surface area contributed by atoms with Crippen LogP contribution in [0.25, 0.3) is 0 Å². The van der Waals surface area contributed by atoms with Gasteiger partial charge in [0, 0.05) is 6.04 Å².